The lowest BCUT2D eigenvalue weighted by Crippen LogP contribution is -2.08. The Balaban J connectivity index is 2.92. The molecule has 0 aliphatic rings. The number of pyridine rings is 1. The number of rotatable bonds is 4. The molecule has 0 spiro atoms. The first kappa shape index (κ1) is 13.0. The van der Waals surface area contributed by atoms with Crippen LogP contribution in [-0.2, 0) is 14.3 Å². The van der Waals surface area contributed by atoms with Gasteiger partial charge in [-0.25, -0.2) is 8.78 Å². The minimum Gasteiger partial charge on any atom is -0.264 e. The average molecular weight is 251 g/mol. The van der Waals surface area contributed by atoms with Gasteiger partial charge in [0.25, 0.3) is 16.5 Å². The van der Waals surface area contributed by atoms with Gasteiger partial charge in [0, 0.05) is 23.5 Å². The number of nitrogens with zero attached hydrogens (tertiary/aromatic N) is 1. The zero-order valence-electron chi connectivity index (χ0n) is 8.72. The van der Waals surface area contributed by atoms with Crippen molar-refractivity contribution >= 4 is 10.1 Å². The van der Waals surface area contributed by atoms with Gasteiger partial charge < -0.3 is 0 Å². The number of hydrogen-bond donors (Lipinski definition) is 0. The van der Waals surface area contributed by atoms with E-state index < -0.39 is 22.6 Å². The number of hydrogen-bond acceptors (Lipinski definition) is 4. The highest BCUT2D eigenvalue weighted by molar-refractivity contribution is 7.86. The van der Waals surface area contributed by atoms with Crippen molar-refractivity contribution in [3.63, 3.8) is 0 Å². The Bertz CT molecular complexity index is 462. The number of aromatic nitrogens is 1. The van der Waals surface area contributed by atoms with E-state index in [-0.39, 0.29) is 5.56 Å². The summed E-state index contributed by atoms with van der Waals surface area (Å²) in [5.74, 6) is 0. The molecule has 0 aromatic carbocycles. The second-order valence-corrected chi connectivity index (χ2v) is 4.90. The molecule has 1 aromatic rings. The molecule has 0 aliphatic carbocycles. The number of alkyl halides is 2. The molecule has 0 amide bonds. The Kier molecular flexibility index (Phi) is 3.93. The van der Waals surface area contributed by atoms with Gasteiger partial charge in [-0.3, -0.25) is 9.17 Å². The highest BCUT2D eigenvalue weighted by Gasteiger charge is 2.15. The van der Waals surface area contributed by atoms with Gasteiger partial charge in [0.1, 0.15) is 6.10 Å². The van der Waals surface area contributed by atoms with Crippen molar-refractivity contribution in [1.29, 1.82) is 0 Å². The molecule has 0 aliphatic heterocycles. The zero-order chi connectivity index (χ0) is 12.3. The monoisotopic (exact) mass is 251 g/mol. The highest BCUT2D eigenvalue weighted by Crippen LogP contribution is 2.23. The maximum atomic E-state index is 12.3. The summed E-state index contributed by atoms with van der Waals surface area (Å²) in [5, 5.41) is 0. The van der Waals surface area contributed by atoms with Gasteiger partial charge in [0.05, 0.1) is 6.26 Å². The summed E-state index contributed by atoms with van der Waals surface area (Å²) in [6.45, 7) is 1.45. The Hall–Kier alpha value is -1.08. The maximum Gasteiger partial charge on any atom is 0.265 e. The van der Waals surface area contributed by atoms with Gasteiger partial charge in [0.2, 0.25) is 0 Å². The summed E-state index contributed by atoms with van der Waals surface area (Å²) >= 11 is 0. The summed E-state index contributed by atoms with van der Waals surface area (Å²) in [7, 11) is -3.62. The Labute approximate surface area is 92.4 Å². The van der Waals surface area contributed by atoms with Crippen molar-refractivity contribution in [3.05, 3.63) is 29.6 Å². The van der Waals surface area contributed by atoms with Crippen LogP contribution in [0.4, 0.5) is 8.78 Å². The van der Waals surface area contributed by atoms with Gasteiger partial charge >= 0.3 is 0 Å². The Morgan fingerprint density at radius 3 is 2.38 bits per heavy atom. The topological polar surface area (TPSA) is 56.3 Å². The largest absolute Gasteiger partial charge is 0.265 e. The van der Waals surface area contributed by atoms with Crippen LogP contribution in [0.5, 0.6) is 0 Å². The molecular weight excluding hydrogens is 240 g/mol. The van der Waals surface area contributed by atoms with Crippen LogP contribution in [0, 0.1) is 0 Å². The SMILES string of the molecule is CC(OS(C)(=O)=O)c1cncc(C(F)F)c1. The van der Waals surface area contributed by atoms with Gasteiger partial charge in [-0.15, -0.1) is 0 Å². The van der Waals surface area contributed by atoms with Crippen molar-refractivity contribution in [3.8, 4) is 0 Å². The lowest BCUT2D eigenvalue weighted by atomic mass is 10.1. The minimum atomic E-state index is -3.62. The molecule has 1 rings (SSSR count). The first-order valence-electron chi connectivity index (χ1n) is 4.41. The second-order valence-electron chi connectivity index (χ2n) is 3.29. The molecule has 0 saturated carbocycles. The average Bonchev–Trinajstić information content (AvgIpc) is 2.15. The molecule has 16 heavy (non-hydrogen) atoms. The Morgan fingerprint density at radius 2 is 1.88 bits per heavy atom. The van der Waals surface area contributed by atoms with Crippen molar-refractivity contribution in [1.82, 2.24) is 4.98 Å². The molecular formula is C9H11F2NO3S. The van der Waals surface area contributed by atoms with E-state index in [0.29, 0.717) is 5.56 Å². The summed E-state index contributed by atoms with van der Waals surface area (Å²) < 4.78 is 51.0. The fourth-order valence-electron chi connectivity index (χ4n) is 1.14. The first-order valence-corrected chi connectivity index (χ1v) is 6.22. The van der Waals surface area contributed by atoms with Crippen LogP contribution in [-0.4, -0.2) is 19.7 Å². The van der Waals surface area contributed by atoms with E-state index in [2.05, 4.69) is 9.17 Å². The summed E-state index contributed by atoms with van der Waals surface area (Å²) in [5.41, 5.74) is 0.0321. The maximum absolute atomic E-state index is 12.3. The van der Waals surface area contributed by atoms with E-state index in [1.54, 1.807) is 0 Å². The molecule has 0 fully saturated rings. The lowest BCUT2D eigenvalue weighted by Gasteiger charge is -2.11. The van der Waals surface area contributed by atoms with Gasteiger partial charge in [-0.05, 0) is 13.0 Å². The van der Waals surface area contributed by atoms with E-state index >= 15 is 0 Å². The molecule has 7 heteroatoms. The van der Waals surface area contributed by atoms with E-state index in [4.69, 9.17) is 0 Å². The first-order chi connectivity index (χ1) is 7.29. The number of halogens is 2. The Morgan fingerprint density at radius 1 is 1.31 bits per heavy atom. The quantitative estimate of drug-likeness (QED) is 0.768. The lowest BCUT2D eigenvalue weighted by molar-refractivity contribution is 0.150. The van der Waals surface area contributed by atoms with Crippen LogP contribution in [0.2, 0.25) is 0 Å². The smallest absolute Gasteiger partial charge is 0.264 e. The highest BCUT2D eigenvalue weighted by atomic mass is 32.2. The molecule has 0 bridgehead atoms. The fraction of sp³-hybridized carbons (Fsp3) is 0.444. The minimum absolute atomic E-state index is 0.263. The van der Waals surface area contributed by atoms with E-state index in [9.17, 15) is 17.2 Å². The van der Waals surface area contributed by atoms with Crippen LogP contribution < -0.4 is 0 Å². The molecule has 1 aromatic heterocycles. The third-order valence-corrected chi connectivity index (χ3v) is 2.46. The van der Waals surface area contributed by atoms with Crippen molar-refractivity contribution in [2.45, 2.75) is 19.5 Å². The van der Waals surface area contributed by atoms with Crippen LogP contribution in [0.1, 0.15) is 30.6 Å². The second kappa shape index (κ2) is 4.84. The van der Waals surface area contributed by atoms with E-state index in [1.807, 2.05) is 0 Å². The van der Waals surface area contributed by atoms with Crippen molar-refractivity contribution < 1.29 is 21.4 Å². The van der Waals surface area contributed by atoms with Crippen LogP contribution in [0.3, 0.4) is 0 Å². The third kappa shape index (κ3) is 3.82. The molecule has 1 unspecified atom stereocenters. The molecule has 1 atom stereocenters. The van der Waals surface area contributed by atoms with Crippen LogP contribution in [0.25, 0.3) is 0 Å². The van der Waals surface area contributed by atoms with Crippen molar-refractivity contribution in [2.75, 3.05) is 6.26 Å². The van der Waals surface area contributed by atoms with Gasteiger partial charge in [-0.1, -0.05) is 0 Å². The molecule has 90 valence electrons. The molecule has 0 saturated heterocycles. The summed E-state index contributed by atoms with van der Waals surface area (Å²) in [4.78, 5) is 3.60. The predicted molar refractivity (Wildman–Crippen MR) is 53.5 cm³/mol. The summed E-state index contributed by atoms with van der Waals surface area (Å²) in [6.07, 6.45) is -0.254. The molecule has 0 radical (unpaired) electrons. The normalized spacial score (nSPS) is 14.1. The van der Waals surface area contributed by atoms with Crippen LogP contribution >= 0.6 is 0 Å². The van der Waals surface area contributed by atoms with E-state index in [1.165, 1.54) is 19.2 Å². The van der Waals surface area contributed by atoms with Crippen molar-refractivity contribution in [2.24, 2.45) is 0 Å². The fourth-order valence-corrected chi connectivity index (χ4v) is 1.77. The van der Waals surface area contributed by atoms with Crippen LogP contribution in [0.15, 0.2) is 18.5 Å². The molecule has 0 N–H and O–H groups in total. The predicted octanol–water partition coefficient (Wildman–Crippen LogP) is 2.06. The standard InChI is InChI=1S/C9H11F2NO3S/c1-6(15-16(2,13)14)7-3-8(9(10)11)5-12-4-7/h3-6,9H,1-2H3. The third-order valence-electron chi connectivity index (χ3n) is 1.82. The molecule has 1 heterocycles. The van der Waals surface area contributed by atoms with E-state index in [0.717, 1.165) is 12.5 Å². The molecule has 4 nitrogen and oxygen atoms in total. The zero-order valence-corrected chi connectivity index (χ0v) is 9.54. The summed E-state index contributed by atoms with van der Waals surface area (Å²) in [6, 6.07) is 1.17. The van der Waals surface area contributed by atoms with Gasteiger partial charge in [0.15, 0.2) is 0 Å². The van der Waals surface area contributed by atoms with Gasteiger partial charge in [-0.2, -0.15) is 8.42 Å².